The maximum absolute atomic E-state index is 6.07. The predicted molar refractivity (Wildman–Crippen MR) is 67.5 cm³/mol. The number of hydrogen-bond acceptors (Lipinski definition) is 3. The Hall–Kier alpha value is -0.930. The van der Waals surface area contributed by atoms with Gasteiger partial charge in [0.05, 0.1) is 17.8 Å². The summed E-state index contributed by atoms with van der Waals surface area (Å²) in [6.45, 7) is 2.11. The van der Waals surface area contributed by atoms with Crippen molar-refractivity contribution < 1.29 is 4.74 Å². The smallest absolute Gasteiger partial charge is 0.160 e. The zero-order valence-electron chi connectivity index (χ0n) is 9.42. The summed E-state index contributed by atoms with van der Waals surface area (Å²) in [5, 5.41) is 7.49. The monoisotopic (exact) mass is 240 g/mol. The average molecular weight is 241 g/mol. The van der Waals surface area contributed by atoms with E-state index in [1.54, 1.807) is 7.11 Å². The molecule has 0 saturated carbocycles. The van der Waals surface area contributed by atoms with Gasteiger partial charge in [0, 0.05) is 12.6 Å². The van der Waals surface area contributed by atoms with Crippen LogP contribution in [0.3, 0.4) is 0 Å². The first-order valence-corrected chi connectivity index (χ1v) is 5.99. The molecule has 0 spiro atoms. The number of halogens is 1. The first kappa shape index (κ1) is 11.6. The van der Waals surface area contributed by atoms with E-state index < -0.39 is 0 Å². The van der Waals surface area contributed by atoms with Gasteiger partial charge in [-0.3, -0.25) is 0 Å². The van der Waals surface area contributed by atoms with Crippen LogP contribution in [0.15, 0.2) is 18.2 Å². The van der Waals surface area contributed by atoms with Gasteiger partial charge in [0.25, 0.3) is 0 Å². The Balaban J connectivity index is 2.10. The van der Waals surface area contributed by atoms with Crippen molar-refractivity contribution in [1.29, 1.82) is 0 Å². The topological polar surface area (TPSA) is 33.3 Å². The van der Waals surface area contributed by atoms with E-state index in [1.165, 1.54) is 12.8 Å². The van der Waals surface area contributed by atoms with Gasteiger partial charge in [-0.05, 0) is 31.5 Å². The summed E-state index contributed by atoms with van der Waals surface area (Å²) >= 11 is 6.07. The summed E-state index contributed by atoms with van der Waals surface area (Å²) in [6.07, 6.45) is 2.39. The number of para-hydroxylation sites is 1. The Morgan fingerprint density at radius 1 is 1.50 bits per heavy atom. The van der Waals surface area contributed by atoms with E-state index in [-0.39, 0.29) is 0 Å². The van der Waals surface area contributed by atoms with Crippen LogP contribution in [0.4, 0.5) is 5.69 Å². The normalized spacial score (nSPS) is 20.5. The van der Waals surface area contributed by atoms with Crippen LogP contribution in [-0.2, 0) is 0 Å². The SMILES string of the molecule is COc1c(Cl)cccc1NC1CCCNC1. The number of methoxy groups -OCH3 is 1. The van der Waals surface area contributed by atoms with Crippen LogP contribution in [-0.4, -0.2) is 26.2 Å². The van der Waals surface area contributed by atoms with Crippen molar-refractivity contribution in [2.75, 3.05) is 25.5 Å². The lowest BCUT2D eigenvalue weighted by molar-refractivity contribution is 0.414. The van der Waals surface area contributed by atoms with Gasteiger partial charge in [-0.2, -0.15) is 0 Å². The highest BCUT2D eigenvalue weighted by atomic mass is 35.5. The Morgan fingerprint density at radius 3 is 3.06 bits per heavy atom. The van der Waals surface area contributed by atoms with Crippen LogP contribution in [0.25, 0.3) is 0 Å². The molecule has 1 fully saturated rings. The third kappa shape index (κ3) is 2.60. The molecule has 0 bridgehead atoms. The Bertz CT molecular complexity index is 351. The summed E-state index contributed by atoms with van der Waals surface area (Å²) in [4.78, 5) is 0. The quantitative estimate of drug-likeness (QED) is 0.852. The molecular formula is C12H17ClN2O. The van der Waals surface area contributed by atoms with E-state index >= 15 is 0 Å². The fraction of sp³-hybridized carbons (Fsp3) is 0.500. The molecule has 1 saturated heterocycles. The van der Waals surface area contributed by atoms with Crippen molar-refractivity contribution in [1.82, 2.24) is 5.32 Å². The van der Waals surface area contributed by atoms with Gasteiger partial charge in [-0.15, -0.1) is 0 Å². The standard InChI is InChI=1S/C12H17ClN2O/c1-16-12-10(13)5-2-6-11(12)15-9-4-3-7-14-8-9/h2,5-6,9,14-15H,3-4,7-8H2,1H3. The summed E-state index contributed by atoms with van der Waals surface area (Å²) in [7, 11) is 1.64. The van der Waals surface area contributed by atoms with Gasteiger partial charge in [-0.1, -0.05) is 17.7 Å². The van der Waals surface area contributed by atoms with Crippen LogP contribution < -0.4 is 15.4 Å². The van der Waals surface area contributed by atoms with Crippen LogP contribution in [0.1, 0.15) is 12.8 Å². The number of hydrogen-bond donors (Lipinski definition) is 2. The van der Waals surface area contributed by atoms with Gasteiger partial charge >= 0.3 is 0 Å². The molecule has 3 nitrogen and oxygen atoms in total. The molecule has 1 heterocycles. The maximum atomic E-state index is 6.07. The Kier molecular flexibility index (Phi) is 3.91. The van der Waals surface area contributed by atoms with E-state index in [0.29, 0.717) is 11.1 Å². The highest BCUT2D eigenvalue weighted by Gasteiger charge is 2.15. The number of nitrogens with one attached hydrogen (secondary N) is 2. The lowest BCUT2D eigenvalue weighted by Gasteiger charge is -2.25. The molecule has 88 valence electrons. The van der Waals surface area contributed by atoms with Gasteiger partial charge < -0.3 is 15.4 Å². The zero-order chi connectivity index (χ0) is 11.4. The van der Waals surface area contributed by atoms with Crippen LogP contribution in [0, 0.1) is 0 Å². The lowest BCUT2D eigenvalue weighted by atomic mass is 10.1. The summed E-state index contributed by atoms with van der Waals surface area (Å²) in [6, 6.07) is 6.23. The molecule has 1 unspecified atom stereocenters. The third-order valence-electron chi connectivity index (χ3n) is 2.83. The second-order valence-electron chi connectivity index (χ2n) is 4.01. The van der Waals surface area contributed by atoms with Crippen molar-refractivity contribution in [3.05, 3.63) is 23.2 Å². The highest BCUT2D eigenvalue weighted by Crippen LogP contribution is 2.33. The number of rotatable bonds is 3. The molecule has 2 rings (SSSR count). The van der Waals surface area contributed by atoms with E-state index in [2.05, 4.69) is 10.6 Å². The van der Waals surface area contributed by atoms with Gasteiger partial charge in [0.2, 0.25) is 0 Å². The van der Waals surface area contributed by atoms with Gasteiger partial charge in [0.1, 0.15) is 0 Å². The van der Waals surface area contributed by atoms with Crippen LogP contribution in [0.5, 0.6) is 5.75 Å². The Labute approximate surface area is 101 Å². The third-order valence-corrected chi connectivity index (χ3v) is 3.13. The van der Waals surface area contributed by atoms with Crippen LogP contribution in [0.2, 0.25) is 5.02 Å². The first-order chi connectivity index (χ1) is 7.81. The molecule has 2 N–H and O–H groups in total. The van der Waals surface area contributed by atoms with Crippen molar-refractivity contribution in [2.24, 2.45) is 0 Å². The number of piperidine rings is 1. The van der Waals surface area contributed by atoms with Crippen molar-refractivity contribution in [3.8, 4) is 5.75 Å². The molecule has 1 aromatic carbocycles. The minimum Gasteiger partial charge on any atom is -0.493 e. The largest absolute Gasteiger partial charge is 0.493 e. The van der Waals surface area contributed by atoms with Gasteiger partial charge in [-0.25, -0.2) is 0 Å². The fourth-order valence-corrected chi connectivity index (χ4v) is 2.28. The molecule has 1 aromatic rings. The second kappa shape index (κ2) is 5.41. The summed E-state index contributed by atoms with van der Waals surface area (Å²) in [5.41, 5.74) is 0.976. The molecule has 0 aliphatic carbocycles. The second-order valence-corrected chi connectivity index (χ2v) is 4.42. The number of ether oxygens (including phenoxy) is 1. The molecule has 0 radical (unpaired) electrons. The number of benzene rings is 1. The Morgan fingerprint density at radius 2 is 2.38 bits per heavy atom. The van der Waals surface area contributed by atoms with E-state index in [0.717, 1.165) is 24.5 Å². The van der Waals surface area contributed by atoms with Crippen LogP contribution >= 0.6 is 11.6 Å². The molecule has 1 atom stereocenters. The summed E-state index contributed by atoms with van der Waals surface area (Å²) in [5.74, 6) is 0.731. The molecule has 0 aromatic heterocycles. The highest BCUT2D eigenvalue weighted by molar-refractivity contribution is 6.32. The first-order valence-electron chi connectivity index (χ1n) is 5.61. The average Bonchev–Trinajstić information content (AvgIpc) is 2.31. The molecule has 0 amide bonds. The zero-order valence-corrected chi connectivity index (χ0v) is 10.2. The molecular weight excluding hydrogens is 224 g/mol. The summed E-state index contributed by atoms with van der Waals surface area (Å²) < 4.78 is 5.30. The number of anilines is 1. The molecule has 1 aliphatic rings. The molecule has 16 heavy (non-hydrogen) atoms. The van der Waals surface area contributed by atoms with E-state index in [9.17, 15) is 0 Å². The van der Waals surface area contributed by atoms with E-state index in [4.69, 9.17) is 16.3 Å². The fourth-order valence-electron chi connectivity index (χ4n) is 2.02. The molecule has 1 aliphatic heterocycles. The van der Waals surface area contributed by atoms with Gasteiger partial charge in [0.15, 0.2) is 5.75 Å². The van der Waals surface area contributed by atoms with E-state index in [1.807, 2.05) is 18.2 Å². The maximum Gasteiger partial charge on any atom is 0.160 e. The predicted octanol–water partition coefficient (Wildman–Crippen LogP) is 2.51. The van der Waals surface area contributed by atoms with Crippen molar-refractivity contribution in [2.45, 2.75) is 18.9 Å². The van der Waals surface area contributed by atoms with Crippen molar-refractivity contribution >= 4 is 17.3 Å². The van der Waals surface area contributed by atoms with Crippen molar-refractivity contribution in [3.63, 3.8) is 0 Å². The lowest BCUT2D eigenvalue weighted by Crippen LogP contribution is -2.38. The minimum atomic E-state index is 0.459. The minimum absolute atomic E-state index is 0.459. The molecule has 4 heteroatoms.